The van der Waals surface area contributed by atoms with Crippen molar-refractivity contribution in [1.29, 1.82) is 0 Å². The molecule has 0 atom stereocenters. The lowest BCUT2D eigenvalue weighted by atomic mass is 9.95. The van der Waals surface area contributed by atoms with E-state index in [1.165, 1.54) is 18.2 Å². The van der Waals surface area contributed by atoms with Gasteiger partial charge in [-0.1, -0.05) is 31.0 Å². The van der Waals surface area contributed by atoms with Crippen molar-refractivity contribution < 1.29 is 9.59 Å². The number of benzene rings is 1. The van der Waals surface area contributed by atoms with Crippen molar-refractivity contribution in [2.24, 2.45) is 5.92 Å². The number of rotatable bonds is 4. The van der Waals surface area contributed by atoms with E-state index in [9.17, 15) is 9.59 Å². The van der Waals surface area contributed by atoms with E-state index in [0.29, 0.717) is 19.1 Å². The summed E-state index contributed by atoms with van der Waals surface area (Å²) in [6.45, 7) is 3.41. The molecule has 0 bridgehead atoms. The summed E-state index contributed by atoms with van der Waals surface area (Å²) in [5.74, 6) is 0.310. The monoisotopic (exact) mass is 435 g/mol. The van der Waals surface area contributed by atoms with Crippen LogP contribution in [0.15, 0.2) is 42.5 Å². The molecule has 1 aliphatic heterocycles. The number of para-hydroxylation sites is 1. The standard InChI is InChI=1S/C25H29N3O2S/c1-17-16-19-6-2-5-9-21(19)28(17)23-11-10-22(31-23)25(30)27-14-12-18(13-15-27)24(29)26-20-7-3-4-8-20/h2,5-6,9-11,16,18,20H,3-4,7-8,12-15H2,1H3,(H,26,29). The van der Waals surface area contributed by atoms with Crippen LogP contribution < -0.4 is 5.32 Å². The van der Waals surface area contributed by atoms with Gasteiger partial charge in [-0.05, 0) is 56.9 Å². The fourth-order valence-corrected chi connectivity index (χ4v) is 6.09. The van der Waals surface area contributed by atoms with Crippen LogP contribution in [0.5, 0.6) is 0 Å². The van der Waals surface area contributed by atoms with Gasteiger partial charge in [-0.3, -0.25) is 9.59 Å². The second-order valence-corrected chi connectivity index (χ2v) is 9.94. The largest absolute Gasteiger partial charge is 0.353 e. The van der Waals surface area contributed by atoms with Gasteiger partial charge in [0.2, 0.25) is 5.91 Å². The molecule has 162 valence electrons. The van der Waals surface area contributed by atoms with Gasteiger partial charge >= 0.3 is 0 Å². The Labute approximate surface area is 187 Å². The highest BCUT2D eigenvalue weighted by Crippen LogP contribution is 2.30. The maximum Gasteiger partial charge on any atom is 0.263 e. The summed E-state index contributed by atoms with van der Waals surface area (Å²) < 4.78 is 2.22. The zero-order valence-corrected chi connectivity index (χ0v) is 18.8. The predicted molar refractivity (Wildman–Crippen MR) is 125 cm³/mol. The number of nitrogens with zero attached hydrogens (tertiary/aromatic N) is 2. The molecular formula is C25H29N3O2S. The summed E-state index contributed by atoms with van der Waals surface area (Å²) in [5, 5.41) is 5.49. The van der Waals surface area contributed by atoms with Gasteiger partial charge in [0.05, 0.1) is 10.4 Å². The van der Waals surface area contributed by atoms with Crippen LogP contribution in [-0.4, -0.2) is 40.4 Å². The van der Waals surface area contributed by atoms with E-state index in [1.54, 1.807) is 11.3 Å². The molecule has 0 unspecified atom stereocenters. The molecule has 0 spiro atoms. The van der Waals surface area contributed by atoms with E-state index >= 15 is 0 Å². The van der Waals surface area contributed by atoms with Crippen molar-refractivity contribution in [2.75, 3.05) is 13.1 Å². The van der Waals surface area contributed by atoms with Crippen LogP contribution in [0.2, 0.25) is 0 Å². The number of thiophene rings is 1. The first-order chi connectivity index (χ1) is 15.1. The summed E-state index contributed by atoms with van der Waals surface area (Å²) >= 11 is 1.54. The molecule has 31 heavy (non-hydrogen) atoms. The number of nitrogens with one attached hydrogen (secondary N) is 1. The minimum Gasteiger partial charge on any atom is -0.353 e. The smallest absolute Gasteiger partial charge is 0.263 e. The van der Waals surface area contributed by atoms with Crippen LogP contribution in [0.4, 0.5) is 0 Å². The highest BCUT2D eigenvalue weighted by molar-refractivity contribution is 7.16. The fourth-order valence-electron chi connectivity index (χ4n) is 5.04. The molecule has 5 nitrogen and oxygen atoms in total. The number of likely N-dealkylation sites (tertiary alicyclic amines) is 1. The lowest BCUT2D eigenvalue weighted by Gasteiger charge is -2.31. The lowest BCUT2D eigenvalue weighted by Crippen LogP contribution is -2.44. The zero-order chi connectivity index (χ0) is 21.4. The molecule has 0 radical (unpaired) electrons. The molecule has 6 heteroatoms. The number of hydrogen-bond donors (Lipinski definition) is 1. The Morgan fingerprint density at radius 2 is 1.74 bits per heavy atom. The van der Waals surface area contributed by atoms with Gasteiger partial charge in [0.1, 0.15) is 5.00 Å². The molecule has 2 aromatic heterocycles. The van der Waals surface area contributed by atoms with Crippen LogP contribution in [0.1, 0.15) is 53.9 Å². The minimum atomic E-state index is 0.0393. The Morgan fingerprint density at radius 3 is 2.52 bits per heavy atom. The van der Waals surface area contributed by atoms with Crippen LogP contribution in [-0.2, 0) is 4.79 Å². The van der Waals surface area contributed by atoms with E-state index in [-0.39, 0.29) is 17.7 Å². The number of carbonyl (C=O) groups is 2. The molecule has 2 amide bonds. The van der Waals surface area contributed by atoms with Gasteiger partial charge in [0, 0.05) is 36.1 Å². The Kier molecular flexibility index (Phi) is 5.57. The highest BCUT2D eigenvalue weighted by atomic mass is 32.1. The first-order valence-electron chi connectivity index (χ1n) is 11.4. The maximum atomic E-state index is 13.1. The lowest BCUT2D eigenvalue weighted by molar-refractivity contribution is -0.127. The molecule has 1 saturated carbocycles. The van der Waals surface area contributed by atoms with E-state index in [1.807, 2.05) is 29.2 Å². The normalized spacial score (nSPS) is 18.0. The van der Waals surface area contributed by atoms with Crippen molar-refractivity contribution in [2.45, 2.75) is 51.5 Å². The van der Waals surface area contributed by atoms with Gasteiger partial charge < -0.3 is 14.8 Å². The van der Waals surface area contributed by atoms with Gasteiger partial charge in [-0.2, -0.15) is 0 Å². The fraction of sp³-hybridized carbons (Fsp3) is 0.440. The second kappa shape index (κ2) is 8.50. The third-order valence-corrected chi connectivity index (χ3v) is 7.83. The molecule has 1 aliphatic carbocycles. The van der Waals surface area contributed by atoms with Crippen molar-refractivity contribution in [3.63, 3.8) is 0 Å². The molecular weight excluding hydrogens is 406 g/mol. The van der Waals surface area contributed by atoms with E-state index in [0.717, 1.165) is 46.8 Å². The first kappa shape index (κ1) is 20.3. The van der Waals surface area contributed by atoms with Crippen LogP contribution in [0.25, 0.3) is 15.9 Å². The summed E-state index contributed by atoms with van der Waals surface area (Å²) in [6.07, 6.45) is 6.17. The van der Waals surface area contributed by atoms with Crippen LogP contribution in [0, 0.1) is 12.8 Å². The van der Waals surface area contributed by atoms with Crippen LogP contribution in [0.3, 0.4) is 0 Å². The molecule has 3 aromatic rings. The van der Waals surface area contributed by atoms with E-state index in [2.05, 4.69) is 35.0 Å². The molecule has 1 N–H and O–H groups in total. The van der Waals surface area contributed by atoms with Gasteiger partial charge in [0.25, 0.3) is 5.91 Å². The quantitative estimate of drug-likeness (QED) is 0.633. The average molecular weight is 436 g/mol. The van der Waals surface area contributed by atoms with E-state index in [4.69, 9.17) is 0 Å². The zero-order valence-electron chi connectivity index (χ0n) is 18.0. The molecule has 1 aromatic carbocycles. The number of hydrogen-bond acceptors (Lipinski definition) is 3. The van der Waals surface area contributed by atoms with Crippen molar-refractivity contribution >= 4 is 34.1 Å². The van der Waals surface area contributed by atoms with Gasteiger partial charge in [-0.15, -0.1) is 11.3 Å². The summed E-state index contributed by atoms with van der Waals surface area (Å²) in [6, 6.07) is 14.9. The molecule has 1 saturated heterocycles. The molecule has 3 heterocycles. The summed E-state index contributed by atoms with van der Waals surface area (Å²) in [4.78, 5) is 28.3. The SMILES string of the molecule is Cc1cc2ccccc2n1-c1ccc(C(=O)N2CCC(C(=O)NC3CCCC3)CC2)s1. The Bertz CT molecular complexity index is 1100. The Balaban J connectivity index is 1.24. The number of piperidine rings is 1. The number of fused-ring (bicyclic) bond motifs is 1. The second-order valence-electron chi connectivity index (χ2n) is 8.87. The minimum absolute atomic E-state index is 0.0393. The van der Waals surface area contributed by atoms with Crippen molar-refractivity contribution in [1.82, 2.24) is 14.8 Å². The summed E-state index contributed by atoms with van der Waals surface area (Å²) in [5.41, 5.74) is 2.33. The highest BCUT2D eigenvalue weighted by Gasteiger charge is 2.30. The number of aryl methyl sites for hydroxylation is 1. The van der Waals surface area contributed by atoms with Crippen molar-refractivity contribution in [3.05, 3.63) is 53.0 Å². The molecule has 5 rings (SSSR count). The van der Waals surface area contributed by atoms with Crippen molar-refractivity contribution in [3.8, 4) is 5.00 Å². The Morgan fingerprint density at radius 1 is 1.00 bits per heavy atom. The number of carbonyl (C=O) groups excluding carboxylic acids is 2. The summed E-state index contributed by atoms with van der Waals surface area (Å²) in [7, 11) is 0. The third kappa shape index (κ3) is 4.01. The number of amides is 2. The van der Waals surface area contributed by atoms with Gasteiger partial charge in [-0.25, -0.2) is 0 Å². The topological polar surface area (TPSA) is 54.3 Å². The molecule has 2 fully saturated rings. The van der Waals surface area contributed by atoms with E-state index < -0.39 is 0 Å². The molecule has 2 aliphatic rings. The Hall–Kier alpha value is -2.60. The number of aromatic nitrogens is 1. The third-order valence-electron chi connectivity index (χ3n) is 6.77. The van der Waals surface area contributed by atoms with Gasteiger partial charge in [0.15, 0.2) is 0 Å². The predicted octanol–water partition coefficient (Wildman–Crippen LogP) is 4.91. The van der Waals surface area contributed by atoms with Crippen LogP contribution >= 0.6 is 11.3 Å². The first-order valence-corrected chi connectivity index (χ1v) is 12.2. The average Bonchev–Trinajstić information content (AvgIpc) is 3.52. The maximum absolute atomic E-state index is 13.1.